The zero-order valence-corrected chi connectivity index (χ0v) is 5.40. The van der Waals surface area contributed by atoms with Crippen LogP contribution < -0.4 is 16.2 Å². The van der Waals surface area contributed by atoms with E-state index in [0.717, 1.165) is 13.1 Å². The topological polar surface area (TPSA) is 53.2 Å². The second kappa shape index (κ2) is 2.80. The van der Waals surface area contributed by atoms with E-state index in [1.165, 1.54) is 0 Å². The Kier molecular flexibility index (Phi) is 2.02. The molecule has 1 saturated heterocycles. The van der Waals surface area contributed by atoms with Gasteiger partial charge in [0.2, 0.25) is 5.91 Å². The van der Waals surface area contributed by atoms with Crippen molar-refractivity contribution in [1.82, 2.24) is 16.2 Å². The maximum Gasteiger partial charge on any atom is 0.239 e. The molecule has 1 rings (SSSR count). The number of hydrogen-bond acceptors (Lipinski definition) is 3. The Morgan fingerprint density at radius 2 is 2.33 bits per heavy atom. The van der Waals surface area contributed by atoms with Gasteiger partial charge in [-0.15, -0.1) is 0 Å². The van der Waals surface area contributed by atoms with Gasteiger partial charge in [0.05, 0.1) is 5.92 Å². The lowest BCUT2D eigenvalue weighted by atomic mass is 10.0. The van der Waals surface area contributed by atoms with Gasteiger partial charge in [-0.2, -0.15) is 0 Å². The minimum atomic E-state index is 0.0799. The molecule has 1 fully saturated rings. The summed E-state index contributed by atoms with van der Waals surface area (Å²) in [5.41, 5.74) is 5.11. The van der Waals surface area contributed by atoms with Crippen molar-refractivity contribution < 1.29 is 4.79 Å². The molecule has 0 aromatic rings. The van der Waals surface area contributed by atoms with Crippen LogP contribution in [0.2, 0.25) is 0 Å². The minimum absolute atomic E-state index is 0.0799. The first-order chi connectivity index (χ1) is 4.34. The van der Waals surface area contributed by atoms with Gasteiger partial charge >= 0.3 is 0 Å². The molecule has 0 radical (unpaired) electrons. The van der Waals surface area contributed by atoms with Crippen LogP contribution in [0, 0.1) is 5.92 Å². The van der Waals surface area contributed by atoms with Gasteiger partial charge in [-0.05, 0) is 0 Å². The summed E-state index contributed by atoms with van der Waals surface area (Å²) in [7, 11) is 1.68. The monoisotopic (exact) mass is 129 g/mol. The molecule has 1 heterocycles. The van der Waals surface area contributed by atoms with Crippen molar-refractivity contribution in [1.29, 1.82) is 0 Å². The van der Waals surface area contributed by atoms with Crippen molar-refractivity contribution >= 4 is 5.91 Å². The van der Waals surface area contributed by atoms with Crippen LogP contribution in [0.3, 0.4) is 0 Å². The van der Waals surface area contributed by atoms with Crippen LogP contribution in [-0.4, -0.2) is 26.0 Å². The molecule has 9 heavy (non-hydrogen) atoms. The van der Waals surface area contributed by atoms with Crippen LogP contribution in [0.4, 0.5) is 0 Å². The SMILES string of the molecule is CNNC(=O)C1CNC1. The highest BCUT2D eigenvalue weighted by Crippen LogP contribution is 2.00. The number of carbonyl (C=O) groups excluding carboxylic acids is 1. The molecule has 0 unspecified atom stereocenters. The van der Waals surface area contributed by atoms with E-state index in [1.54, 1.807) is 7.05 Å². The van der Waals surface area contributed by atoms with Crippen molar-refractivity contribution in [3.05, 3.63) is 0 Å². The molecule has 0 aliphatic carbocycles. The van der Waals surface area contributed by atoms with Gasteiger partial charge in [-0.25, -0.2) is 5.43 Å². The lowest BCUT2D eigenvalue weighted by Gasteiger charge is -2.25. The zero-order chi connectivity index (χ0) is 6.69. The van der Waals surface area contributed by atoms with Gasteiger partial charge in [0.1, 0.15) is 0 Å². The second-order valence-corrected chi connectivity index (χ2v) is 2.09. The Hall–Kier alpha value is -0.610. The van der Waals surface area contributed by atoms with Crippen molar-refractivity contribution in [3.63, 3.8) is 0 Å². The van der Waals surface area contributed by atoms with E-state index >= 15 is 0 Å². The summed E-state index contributed by atoms with van der Waals surface area (Å²) in [6.07, 6.45) is 0. The number of hydrogen-bond donors (Lipinski definition) is 3. The van der Waals surface area contributed by atoms with E-state index in [1.807, 2.05) is 0 Å². The first kappa shape index (κ1) is 6.51. The van der Waals surface area contributed by atoms with Crippen molar-refractivity contribution in [2.45, 2.75) is 0 Å². The fraction of sp³-hybridized carbons (Fsp3) is 0.800. The number of nitrogens with one attached hydrogen (secondary N) is 3. The Labute approximate surface area is 54.0 Å². The first-order valence-corrected chi connectivity index (χ1v) is 3.02. The quantitative estimate of drug-likeness (QED) is 0.396. The van der Waals surface area contributed by atoms with Gasteiger partial charge in [0.15, 0.2) is 0 Å². The molecule has 0 atom stereocenters. The maximum atomic E-state index is 10.8. The standard InChI is InChI=1S/C5H11N3O/c1-6-8-5(9)4-2-7-3-4/h4,6-7H,2-3H2,1H3,(H,8,9). The minimum Gasteiger partial charge on any atom is -0.315 e. The maximum absolute atomic E-state index is 10.8. The Balaban J connectivity index is 2.16. The average Bonchev–Trinajstić information content (AvgIpc) is 1.60. The van der Waals surface area contributed by atoms with Crippen LogP contribution in [0.25, 0.3) is 0 Å². The second-order valence-electron chi connectivity index (χ2n) is 2.09. The lowest BCUT2D eigenvalue weighted by molar-refractivity contribution is -0.127. The smallest absolute Gasteiger partial charge is 0.239 e. The highest BCUT2D eigenvalue weighted by molar-refractivity contribution is 5.79. The fourth-order valence-corrected chi connectivity index (χ4v) is 0.699. The predicted octanol–water partition coefficient (Wildman–Crippen LogP) is -1.54. The normalized spacial score (nSPS) is 18.8. The van der Waals surface area contributed by atoms with Crippen LogP contribution >= 0.6 is 0 Å². The highest BCUT2D eigenvalue weighted by Gasteiger charge is 2.23. The van der Waals surface area contributed by atoms with E-state index in [9.17, 15) is 4.79 Å². The molecular weight excluding hydrogens is 118 g/mol. The predicted molar refractivity (Wildman–Crippen MR) is 33.6 cm³/mol. The molecule has 4 nitrogen and oxygen atoms in total. The summed E-state index contributed by atoms with van der Waals surface area (Å²) in [4.78, 5) is 10.8. The number of carbonyl (C=O) groups is 1. The summed E-state index contributed by atoms with van der Waals surface area (Å²) >= 11 is 0. The molecule has 0 bridgehead atoms. The third kappa shape index (κ3) is 1.40. The molecular formula is C5H11N3O. The third-order valence-electron chi connectivity index (χ3n) is 1.40. The molecule has 0 aromatic heterocycles. The molecule has 1 aliphatic heterocycles. The molecule has 0 spiro atoms. The van der Waals surface area contributed by atoms with Crippen LogP contribution in [-0.2, 0) is 4.79 Å². The van der Waals surface area contributed by atoms with E-state index in [0.29, 0.717) is 0 Å². The Morgan fingerprint density at radius 3 is 2.67 bits per heavy atom. The highest BCUT2D eigenvalue weighted by atomic mass is 16.2. The molecule has 0 aromatic carbocycles. The molecule has 1 aliphatic rings. The lowest BCUT2D eigenvalue weighted by Crippen LogP contribution is -2.53. The van der Waals surface area contributed by atoms with E-state index in [2.05, 4.69) is 16.2 Å². The molecule has 1 amide bonds. The van der Waals surface area contributed by atoms with Gasteiger partial charge in [0.25, 0.3) is 0 Å². The molecule has 52 valence electrons. The molecule has 0 saturated carbocycles. The van der Waals surface area contributed by atoms with Gasteiger partial charge < -0.3 is 5.32 Å². The van der Waals surface area contributed by atoms with E-state index in [-0.39, 0.29) is 11.8 Å². The molecule has 4 heteroatoms. The van der Waals surface area contributed by atoms with Gasteiger partial charge in [-0.3, -0.25) is 10.2 Å². The molecule has 3 N–H and O–H groups in total. The summed E-state index contributed by atoms with van der Waals surface area (Å²) in [5, 5.41) is 3.01. The van der Waals surface area contributed by atoms with Crippen LogP contribution in [0.1, 0.15) is 0 Å². The summed E-state index contributed by atoms with van der Waals surface area (Å²) in [6.45, 7) is 1.63. The van der Waals surface area contributed by atoms with Crippen LogP contribution in [0.15, 0.2) is 0 Å². The largest absolute Gasteiger partial charge is 0.315 e. The first-order valence-electron chi connectivity index (χ1n) is 3.02. The Bertz CT molecular complexity index is 111. The number of hydrazine groups is 1. The van der Waals surface area contributed by atoms with E-state index < -0.39 is 0 Å². The third-order valence-corrected chi connectivity index (χ3v) is 1.40. The summed E-state index contributed by atoms with van der Waals surface area (Å²) in [6, 6.07) is 0. The fourth-order valence-electron chi connectivity index (χ4n) is 0.699. The summed E-state index contributed by atoms with van der Waals surface area (Å²) in [5.74, 6) is 0.258. The van der Waals surface area contributed by atoms with Crippen LogP contribution in [0.5, 0.6) is 0 Å². The van der Waals surface area contributed by atoms with Crippen molar-refractivity contribution in [2.75, 3.05) is 20.1 Å². The number of rotatable bonds is 2. The Morgan fingerprint density at radius 1 is 1.67 bits per heavy atom. The van der Waals surface area contributed by atoms with E-state index in [4.69, 9.17) is 0 Å². The van der Waals surface area contributed by atoms with Crippen molar-refractivity contribution in [2.24, 2.45) is 5.92 Å². The van der Waals surface area contributed by atoms with Crippen molar-refractivity contribution in [3.8, 4) is 0 Å². The number of amides is 1. The average molecular weight is 129 g/mol. The van der Waals surface area contributed by atoms with Gasteiger partial charge in [-0.1, -0.05) is 0 Å². The zero-order valence-electron chi connectivity index (χ0n) is 5.40. The summed E-state index contributed by atoms with van der Waals surface area (Å²) < 4.78 is 0. The van der Waals surface area contributed by atoms with Gasteiger partial charge in [0, 0.05) is 20.1 Å².